The van der Waals surface area contributed by atoms with Crippen molar-refractivity contribution in [3.8, 4) is 11.5 Å². The Morgan fingerprint density at radius 1 is 1.03 bits per heavy atom. The number of fused-ring (bicyclic) bond motifs is 1. The van der Waals surface area contributed by atoms with Crippen molar-refractivity contribution in [3.05, 3.63) is 54.2 Å². The molecular formula is C24H28N4O4. The van der Waals surface area contributed by atoms with Crippen LogP contribution in [0.15, 0.2) is 48.7 Å². The Morgan fingerprint density at radius 2 is 1.75 bits per heavy atom. The molecule has 2 heterocycles. The van der Waals surface area contributed by atoms with Gasteiger partial charge in [-0.25, -0.2) is 4.79 Å². The maximum Gasteiger partial charge on any atom is 0.321 e. The maximum atomic E-state index is 12.9. The van der Waals surface area contributed by atoms with Crippen molar-refractivity contribution in [1.82, 2.24) is 14.8 Å². The van der Waals surface area contributed by atoms with E-state index in [4.69, 9.17) is 9.47 Å². The Labute approximate surface area is 187 Å². The summed E-state index contributed by atoms with van der Waals surface area (Å²) in [4.78, 5) is 32.5. The number of aromatic nitrogens is 1. The Morgan fingerprint density at radius 3 is 2.44 bits per heavy atom. The molecule has 0 unspecified atom stereocenters. The fourth-order valence-corrected chi connectivity index (χ4v) is 3.86. The van der Waals surface area contributed by atoms with E-state index in [0.717, 1.165) is 28.1 Å². The number of nitrogens with zero attached hydrogens (tertiary/aromatic N) is 2. The third-order valence-electron chi connectivity index (χ3n) is 5.63. The maximum absolute atomic E-state index is 12.9. The number of hydrogen-bond donors (Lipinski definition) is 2. The van der Waals surface area contributed by atoms with Crippen LogP contribution in [0.5, 0.6) is 11.5 Å². The van der Waals surface area contributed by atoms with Crippen molar-refractivity contribution < 1.29 is 19.1 Å². The molecule has 8 heteroatoms. The van der Waals surface area contributed by atoms with Crippen LogP contribution in [0.3, 0.4) is 0 Å². The van der Waals surface area contributed by atoms with Gasteiger partial charge in [0.05, 0.1) is 20.3 Å². The van der Waals surface area contributed by atoms with Gasteiger partial charge in [-0.05, 0) is 49.4 Å². The van der Waals surface area contributed by atoms with Crippen LogP contribution >= 0.6 is 0 Å². The van der Waals surface area contributed by atoms with Gasteiger partial charge in [-0.15, -0.1) is 0 Å². The number of H-pyrrole nitrogens is 1. The fourth-order valence-electron chi connectivity index (χ4n) is 3.86. The number of aromatic amines is 1. The fraction of sp³-hybridized carbons (Fsp3) is 0.333. The molecule has 1 aromatic heterocycles. The van der Waals surface area contributed by atoms with Gasteiger partial charge in [-0.1, -0.05) is 0 Å². The molecule has 1 saturated heterocycles. The van der Waals surface area contributed by atoms with Crippen molar-refractivity contribution in [1.29, 1.82) is 0 Å². The second-order valence-corrected chi connectivity index (χ2v) is 7.69. The summed E-state index contributed by atoms with van der Waals surface area (Å²) in [5, 5.41) is 3.78. The third kappa shape index (κ3) is 4.86. The normalized spacial score (nSPS) is 14.4. The molecule has 1 aliphatic heterocycles. The molecule has 0 atom stereocenters. The van der Waals surface area contributed by atoms with Crippen molar-refractivity contribution in [2.24, 2.45) is 0 Å². The first-order valence-electron chi connectivity index (χ1n) is 10.8. The highest BCUT2D eigenvalue weighted by molar-refractivity contribution is 6.09. The van der Waals surface area contributed by atoms with E-state index in [0.29, 0.717) is 44.9 Å². The summed E-state index contributed by atoms with van der Waals surface area (Å²) in [6, 6.07) is 12.8. The van der Waals surface area contributed by atoms with Crippen LogP contribution in [0.25, 0.3) is 10.9 Å². The van der Waals surface area contributed by atoms with Gasteiger partial charge >= 0.3 is 6.03 Å². The summed E-state index contributed by atoms with van der Waals surface area (Å²) in [5.74, 6) is 1.55. The first kappa shape index (κ1) is 21.7. The van der Waals surface area contributed by atoms with Crippen LogP contribution in [0, 0.1) is 0 Å². The van der Waals surface area contributed by atoms with E-state index in [-0.39, 0.29) is 11.8 Å². The predicted molar refractivity (Wildman–Crippen MR) is 124 cm³/mol. The molecule has 8 nitrogen and oxygen atoms in total. The van der Waals surface area contributed by atoms with Crippen LogP contribution in [0.4, 0.5) is 10.5 Å². The van der Waals surface area contributed by atoms with Crippen molar-refractivity contribution in [2.45, 2.75) is 6.92 Å². The van der Waals surface area contributed by atoms with Crippen LogP contribution in [-0.2, 0) is 0 Å². The average molecular weight is 437 g/mol. The van der Waals surface area contributed by atoms with E-state index in [1.54, 1.807) is 18.2 Å². The van der Waals surface area contributed by atoms with Gasteiger partial charge in [-0.2, -0.15) is 0 Å². The topological polar surface area (TPSA) is 86.9 Å². The molecule has 1 aliphatic rings. The van der Waals surface area contributed by atoms with E-state index in [1.165, 1.54) is 0 Å². The van der Waals surface area contributed by atoms with E-state index in [2.05, 4.69) is 15.2 Å². The van der Waals surface area contributed by atoms with Gasteiger partial charge in [0.2, 0.25) is 0 Å². The average Bonchev–Trinajstić information content (AvgIpc) is 3.24. The second-order valence-electron chi connectivity index (χ2n) is 7.69. The molecule has 0 aliphatic carbocycles. The second kappa shape index (κ2) is 9.74. The van der Waals surface area contributed by atoms with Crippen LogP contribution < -0.4 is 14.8 Å². The molecule has 4 rings (SSSR count). The minimum absolute atomic E-state index is 0.0526. The number of nitrogens with one attached hydrogen (secondary N) is 2. The molecule has 3 aromatic rings. The molecule has 0 radical (unpaired) electrons. The number of ketones is 1. The third-order valence-corrected chi connectivity index (χ3v) is 5.63. The molecule has 2 amide bonds. The number of methoxy groups -OCH3 is 1. The van der Waals surface area contributed by atoms with Crippen molar-refractivity contribution in [3.63, 3.8) is 0 Å². The lowest BCUT2D eigenvalue weighted by molar-refractivity contribution is 0.0885. The smallest absolute Gasteiger partial charge is 0.321 e. The first-order valence-corrected chi connectivity index (χ1v) is 10.8. The number of urea groups is 1. The largest absolute Gasteiger partial charge is 0.497 e. The van der Waals surface area contributed by atoms with E-state index in [9.17, 15) is 9.59 Å². The number of rotatable bonds is 7. The number of anilines is 1. The Balaban J connectivity index is 1.30. The zero-order valence-electron chi connectivity index (χ0n) is 18.4. The summed E-state index contributed by atoms with van der Waals surface area (Å²) in [6.07, 6.45) is 1.76. The van der Waals surface area contributed by atoms with E-state index in [1.807, 2.05) is 49.4 Å². The molecule has 2 aromatic carbocycles. The van der Waals surface area contributed by atoms with E-state index >= 15 is 0 Å². The van der Waals surface area contributed by atoms with Gasteiger partial charge in [0.1, 0.15) is 11.5 Å². The van der Waals surface area contributed by atoms with Crippen LogP contribution in [0.1, 0.15) is 17.3 Å². The Bertz CT molecular complexity index is 1090. The zero-order chi connectivity index (χ0) is 22.5. The number of hydrogen-bond acceptors (Lipinski definition) is 5. The predicted octanol–water partition coefficient (Wildman–Crippen LogP) is 3.61. The van der Waals surface area contributed by atoms with Gasteiger partial charge in [0.25, 0.3) is 0 Å². The quantitative estimate of drug-likeness (QED) is 0.553. The minimum atomic E-state index is -0.135. The first-order chi connectivity index (χ1) is 15.6. The molecule has 0 spiro atoms. The standard InChI is InChI=1S/C24H28N4O4/c1-3-32-18-6-4-17(5-7-18)26-24(30)28-12-10-27(11-13-28)16-23(29)21-15-25-22-9-8-19(31-2)14-20(21)22/h4-9,14-15,25H,3,10-13,16H2,1-2H3,(H,26,30). The molecular weight excluding hydrogens is 408 g/mol. The van der Waals surface area contributed by atoms with Crippen LogP contribution in [0.2, 0.25) is 0 Å². The highest BCUT2D eigenvalue weighted by atomic mass is 16.5. The molecule has 1 fully saturated rings. The highest BCUT2D eigenvalue weighted by Crippen LogP contribution is 2.24. The number of carbonyl (C=O) groups excluding carboxylic acids is 2. The van der Waals surface area contributed by atoms with Crippen molar-refractivity contribution in [2.75, 3.05) is 51.8 Å². The summed E-state index contributed by atoms with van der Waals surface area (Å²) < 4.78 is 10.7. The number of ether oxygens (including phenoxy) is 2. The number of benzene rings is 2. The lowest BCUT2D eigenvalue weighted by atomic mass is 10.1. The van der Waals surface area contributed by atoms with Crippen LogP contribution in [-0.4, -0.2) is 73.0 Å². The molecule has 2 N–H and O–H groups in total. The van der Waals surface area contributed by atoms with Gasteiger partial charge < -0.3 is 24.7 Å². The number of amides is 2. The molecule has 0 bridgehead atoms. The zero-order valence-corrected chi connectivity index (χ0v) is 18.4. The minimum Gasteiger partial charge on any atom is -0.497 e. The summed E-state index contributed by atoms with van der Waals surface area (Å²) in [5.41, 5.74) is 2.30. The number of carbonyl (C=O) groups is 2. The summed E-state index contributed by atoms with van der Waals surface area (Å²) >= 11 is 0. The Hall–Kier alpha value is -3.52. The number of piperazine rings is 1. The monoisotopic (exact) mass is 436 g/mol. The highest BCUT2D eigenvalue weighted by Gasteiger charge is 2.24. The van der Waals surface area contributed by atoms with Gasteiger partial charge in [0, 0.05) is 54.5 Å². The number of Topliss-reactive ketones (excluding diaryl/α,β-unsaturated/α-hetero) is 1. The SMILES string of the molecule is CCOc1ccc(NC(=O)N2CCN(CC(=O)c3c[nH]c4ccc(OC)cc34)CC2)cc1. The van der Waals surface area contributed by atoms with Gasteiger partial charge in [0.15, 0.2) is 5.78 Å². The lowest BCUT2D eigenvalue weighted by Gasteiger charge is -2.34. The molecule has 168 valence electrons. The summed E-state index contributed by atoms with van der Waals surface area (Å²) in [7, 11) is 1.61. The lowest BCUT2D eigenvalue weighted by Crippen LogP contribution is -2.51. The molecule has 32 heavy (non-hydrogen) atoms. The molecule has 0 saturated carbocycles. The van der Waals surface area contributed by atoms with E-state index < -0.39 is 0 Å². The summed E-state index contributed by atoms with van der Waals surface area (Å²) in [6.45, 7) is 5.28. The van der Waals surface area contributed by atoms with Crippen molar-refractivity contribution >= 4 is 28.4 Å². The van der Waals surface area contributed by atoms with Gasteiger partial charge in [-0.3, -0.25) is 9.69 Å². The Kier molecular flexibility index (Phi) is 6.61.